The normalized spacial score (nSPS) is 12.8. The largest absolute Gasteiger partial charge is 0.144 e. The molecule has 0 aromatic carbocycles. The van der Waals surface area contributed by atoms with Crippen LogP contribution in [-0.4, -0.2) is 0 Å². The van der Waals surface area contributed by atoms with Gasteiger partial charge in [-0.05, 0) is 96.5 Å². The Morgan fingerprint density at radius 2 is 0.763 bits per heavy atom. The molecule has 0 spiro atoms. The first kappa shape index (κ1) is 32.1. The molecule has 0 aliphatic heterocycles. The molecule has 2 aromatic rings. The summed E-state index contributed by atoms with van der Waals surface area (Å²) in [5, 5.41) is 4.77. The molecule has 2 rings (SSSR count). The predicted molar refractivity (Wildman–Crippen MR) is 178 cm³/mol. The van der Waals surface area contributed by atoms with Crippen LogP contribution < -0.4 is 0 Å². The summed E-state index contributed by atoms with van der Waals surface area (Å²) in [6, 6.07) is 0. The summed E-state index contributed by atoms with van der Waals surface area (Å²) in [7, 11) is 0. The second-order valence-corrected chi connectivity index (χ2v) is 11.7. The van der Waals surface area contributed by atoms with E-state index in [1.54, 1.807) is 22.3 Å². The molecule has 2 heterocycles. The highest BCUT2D eigenvalue weighted by molar-refractivity contribution is 7.11. The average Bonchev–Trinajstić information content (AvgIpc) is 3.51. The van der Waals surface area contributed by atoms with Gasteiger partial charge in [0, 0.05) is 9.75 Å². The van der Waals surface area contributed by atoms with Crippen LogP contribution in [0.2, 0.25) is 0 Å². The maximum Gasteiger partial charge on any atom is 0.0305 e. The van der Waals surface area contributed by atoms with Crippen molar-refractivity contribution in [1.82, 2.24) is 0 Å². The average molecular weight is 547 g/mol. The minimum absolute atomic E-state index is 1.21. The lowest BCUT2D eigenvalue weighted by Crippen LogP contribution is -1.92. The summed E-state index contributed by atoms with van der Waals surface area (Å²) in [6.07, 6.45) is 40.8. The molecule has 0 N–H and O–H groups in total. The van der Waals surface area contributed by atoms with Gasteiger partial charge in [0.05, 0.1) is 0 Å². The van der Waals surface area contributed by atoms with E-state index in [0.717, 1.165) is 0 Å². The monoisotopic (exact) mass is 546 g/mol. The number of aryl methyl sites for hydroxylation is 2. The van der Waals surface area contributed by atoms with Crippen LogP contribution in [0.25, 0.3) is 12.2 Å². The quantitative estimate of drug-likeness (QED) is 0.154. The fourth-order valence-corrected chi connectivity index (χ4v) is 6.50. The highest BCUT2D eigenvalue weighted by Crippen LogP contribution is 2.28. The molecule has 0 unspecified atom stereocenters. The van der Waals surface area contributed by atoms with E-state index in [9.17, 15) is 0 Å². The summed E-state index contributed by atoms with van der Waals surface area (Å²) in [6.45, 7) is 9.11. The van der Waals surface area contributed by atoms with E-state index >= 15 is 0 Å². The standard InChI is InChI=1S/C36H50S2/c1-5-9-23-31-29-37-35(33(31)25-11-7-3)27-21-19-17-15-13-14-16-18-20-22-28-36-34(26-12-8-4)32(30-38-36)24-10-6-2/h13-22,27-30H,5-12,23-26H2,1-4H3/b15-13+,16-14+,19-17+,20-18+,27-21+,28-22+. The van der Waals surface area contributed by atoms with Crippen molar-refractivity contribution in [2.24, 2.45) is 0 Å². The molecule has 2 heteroatoms. The smallest absolute Gasteiger partial charge is 0.0305 e. The van der Waals surface area contributed by atoms with Crippen LogP contribution in [0.3, 0.4) is 0 Å². The third-order valence-corrected chi connectivity index (χ3v) is 8.76. The Kier molecular flexibility index (Phi) is 17.5. The first-order valence-electron chi connectivity index (χ1n) is 14.9. The number of rotatable bonds is 19. The number of hydrogen-bond acceptors (Lipinski definition) is 2. The Morgan fingerprint density at radius 1 is 0.447 bits per heavy atom. The van der Waals surface area contributed by atoms with E-state index in [1.807, 2.05) is 22.7 Å². The highest BCUT2D eigenvalue weighted by Gasteiger charge is 2.10. The van der Waals surface area contributed by atoms with Crippen LogP contribution in [0.15, 0.2) is 71.5 Å². The lowest BCUT2D eigenvalue weighted by Gasteiger charge is -2.04. The van der Waals surface area contributed by atoms with Crippen molar-refractivity contribution in [1.29, 1.82) is 0 Å². The van der Waals surface area contributed by atoms with E-state index < -0.39 is 0 Å². The Labute approximate surface area is 242 Å². The minimum Gasteiger partial charge on any atom is -0.144 e. The summed E-state index contributed by atoms with van der Waals surface area (Å²) in [4.78, 5) is 2.88. The molecule has 0 saturated heterocycles. The van der Waals surface area contributed by atoms with Crippen molar-refractivity contribution in [3.63, 3.8) is 0 Å². The van der Waals surface area contributed by atoms with Gasteiger partial charge in [0.25, 0.3) is 0 Å². The van der Waals surface area contributed by atoms with Crippen LogP contribution in [-0.2, 0) is 25.7 Å². The zero-order chi connectivity index (χ0) is 27.3. The van der Waals surface area contributed by atoms with E-state index in [1.165, 1.54) is 86.8 Å². The molecule has 0 nitrogen and oxygen atoms in total. The Hall–Kier alpha value is -2.16. The second kappa shape index (κ2) is 20.8. The first-order valence-corrected chi connectivity index (χ1v) is 16.7. The van der Waals surface area contributed by atoms with Gasteiger partial charge in [0.15, 0.2) is 0 Å². The molecule has 0 aliphatic carbocycles. The Morgan fingerprint density at radius 3 is 1.11 bits per heavy atom. The van der Waals surface area contributed by atoms with Gasteiger partial charge < -0.3 is 0 Å². The van der Waals surface area contributed by atoms with Crippen LogP contribution >= 0.6 is 22.7 Å². The molecule has 0 radical (unpaired) electrons. The minimum atomic E-state index is 1.21. The number of hydrogen-bond donors (Lipinski definition) is 0. The molecule has 0 aliphatic rings. The van der Waals surface area contributed by atoms with Gasteiger partial charge in [-0.2, -0.15) is 0 Å². The number of allylic oxidation sites excluding steroid dienone is 10. The number of unbranched alkanes of at least 4 members (excludes halogenated alkanes) is 4. The van der Waals surface area contributed by atoms with Crippen LogP contribution in [0, 0.1) is 0 Å². The van der Waals surface area contributed by atoms with Crippen LogP contribution in [0.5, 0.6) is 0 Å². The molecule has 0 atom stereocenters. The van der Waals surface area contributed by atoms with Crippen LogP contribution in [0.1, 0.15) is 111 Å². The van der Waals surface area contributed by atoms with E-state index in [0.29, 0.717) is 0 Å². The van der Waals surface area contributed by atoms with Gasteiger partial charge in [-0.1, -0.05) is 114 Å². The second-order valence-electron chi connectivity index (χ2n) is 9.88. The van der Waals surface area contributed by atoms with Gasteiger partial charge in [0.2, 0.25) is 0 Å². The zero-order valence-electron chi connectivity index (χ0n) is 24.4. The maximum atomic E-state index is 2.38. The summed E-state index contributed by atoms with van der Waals surface area (Å²) in [5.41, 5.74) is 6.32. The SMILES string of the molecule is CCCCc1csc(/C=C/C=C/C=C/C=C/C=C/C=C/c2scc(CCCC)c2CCCC)c1CCCC. The van der Waals surface area contributed by atoms with Gasteiger partial charge >= 0.3 is 0 Å². The molecule has 0 amide bonds. The molecular formula is C36H50S2. The third-order valence-electron chi connectivity index (χ3n) is 6.68. The molecule has 206 valence electrons. The first-order chi connectivity index (χ1) is 18.7. The van der Waals surface area contributed by atoms with E-state index in [4.69, 9.17) is 0 Å². The fraction of sp³-hybridized carbons (Fsp3) is 0.444. The zero-order valence-corrected chi connectivity index (χ0v) is 26.0. The highest BCUT2D eigenvalue weighted by atomic mass is 32.1. The Bertz CT molecular complexity index is 979. The summed E-state index contributed by atoms with van der Waals surface area (Å²) < 4.78 is 0. The summed E-state index contributed by atoms with van der Waals surface area (Å²) in [5.74, 6) is 0. The van der Waals surface area contributed by atoms with Crippen LogP contribution in [0.4, 0.5) is 0 Å². The van der Waals surface area contributed by atoms with Gasteiger partial charge in [0.1, 0.15) is 0 Å². The predicted octanol–water partition coefficient (Wildman–Crippen LogP) is 12.1. The molecule has 0 bridgehead atoms. The van der Waals surface area contributed by atoms with Crippen molar-refractivity contribution < 1.29 is 0 Å². The third kappa shape index (κ3) is 12.1. The van der Waals surface area contributed by atoms with E-state index in [-0.39, 0.29) is 0 Å². The lowest BCUT2D eigenvalue weighted by atomic mass is 10.0. The molecular weight excluding hydrogens is 497 g/mol. The van der Waals surface area contributed by atoms with Crippen molar-refractivity contribution in [2.45, 2.75) is 105 Å². The van der Waals surface area contributed by atoms with Gasteiger partial charge in [-0.25, -0.2) is 0 Å². The topological polar surface area (TPSA) is 0 Å². The fourth-order valence-electron chi connectivity index (χ4n) is 4.38. The van der Waals surface area contributed by atoms with Crippen molar-refractivity contribution >= 4 is 34.8 Å². The van der Waals surface area contributed by atoms with E-state index in [2.05, 4.69) is 111 Å². The van der Waals surface area contributed by atoms with Crippen molar-refractivity contribution in [2.75, 3.05) is 0 Å². The summed E-state index contributed by atoms with van der Waals surface area (Å²) >= 11 is 3.81. The van der Waals surface area contributed by atoms with Crippen molar-refractivity contribution in [3.05, 3.63) is 104 Å². The molecule has 0 saturated carbocycles. The van der Waals surface area contributed by atoms with Crippen molar-refractivity contribution in [3.8, 4) is 0 Å². The van der Waals surface area contributed by atoms with Gasteiger partial charge in [-0.15, -0.1) is 22.7 Å². The molecule has 38 heavy (non-hydrogen) atoms. The molecule has 2 aromatic heterocycles. The van der Waals surface area contributed by atoms with Gasteiger partial charge in [-0.3, -0.25) is 0 Å². The maximum absolute atomic E-state index is 2.38. The number of thiophene rings is 2. The lowest BCUT2D eigenvalue weighted by molar-refractivity contribution is 0.761. The Balaban J connectivity index is 1.84. The molecule has 0 fully saturated rings.